The normalized spacial score (nSPS) is 11.5. The van der Waals surface area contributed by atoms with Crippen LogP contribution in [0.1, 0.15) is 11.4 Å². The molecule has 1 aromatic carbocycles. The summed E-state index contributed by atoms with van der Waals surface area (Å²) >= 11 is 5.84. The third-order valence-corrected chi connectivity index (χ3v) is 3.92. The number of sulfonamides is 1. The summed E-state index contributed by atoms with van der Waals surface area (Å²) in [5.74, 6) is 0.540. The first-order valence-corrected chi connectivity index (χ1v) is 7.05. The SMILES string of the molecule is Cc1ncc(S(=O)(=O)Nc2cc(Cl)ccc2C)[nH]1. The number of aromatic amines is 1. The summed E-state index contributed by atoms with van der Waals surface area (Å²) in [6.07, 6.45) is 1.28. The number of benzene rings is 1. The fourth-order valence-electron chi connectivity index (χ4n) is 1.44. The smallest absolute Gasteiger partial charge is 0.278 e. The van der Waals surface area contributed by atoms with Crippen LogP contribution in [0.2, 0.25) is 5.02 Å². The van der Waals surface area contributed by atoms with Crippen LogP contribution in [0.5, 0.6) is 0 Å². The standard InChI is InChI=1S/C11H12ClN3O2S/c1-7-3-4-9(12)5-10(7)15-18(16,17)11-6-13-8(2)14-11/h3-6,15H,1-2H3,(H,13,14). The summed E-state index contributed by atoms with van der Waals surface area (Å²) in [5, 5.41) is 0.499. The highest BCUT2D eigenvalue weighted by Gasteiger charge is 2.17. The summed E-state index contributed by atoms with van der Waals surface area (Å²) in [6.45, 7) is 3.48. The maximum atomic E-state index is 12.1. The van der Waals surface area contributed by atoms with E-state index in [0.717, 1.165) is 5.56 Å². The average Bonchev–Trinajstić information content (AvgIpc) is 2.71. The molecule has 18 heavy (non-hydrogen) atoms. The van der Waals surface area contributed by atoms with Crippen molar-refractivity contribution < 1.29 is 8.42 Å². The van der Waals surface area contributed by atoms with Gasteiger partial charge in [-0.15, -0.1) is 0 Å². The average molecular weight is 286 g/mol. The number of imidazole rings is 1. The number of halogens is 1. The van der Waals surface area contributed by atoms with Gasteiger partial charge in [0.05, 0.1) is 11.9 Å². The van der Waals surface area contributed by atoms with E-state index in [1.54, 1.807) is 32.0 Å². The first-order chi connectivity index (χ1) is 8.38. The fraction of sp³-hybridized carbons (Fsp3) is 0.182. The Morgan fingerprint density at radius 3 is 2.67 bits per heavy atom. The molecular weight excluding hydrogens is 274 g/mol. The molecule has 0 aliphatic rings. The second-order valence-electron chi connectivity index (χ2n) is 3.90. The molecule has 0 saturated heterocycles. The topological polar surface area (TPSA) is 74.8 Å². The molecule has 0 bridgehead atoms. The molecule has 2 aromatic rings. The van der Waals surface area contributed by atoms with Crippen LogP contribution >= 0.6 is 11.6 Å². The van der Waals surface area contributed by atoms with E-state index in [1.165, 1.54) is 6.20 Å². The highest BCUT2D eigenvalue weighted by atomic mass is 35.5. The van der Waals surface area contributed by atoms with Crippen LogP contribution in [-0.2, 0) is 10.0 Å². The van der Waals surface area contributed by atoms with Crippen molar-refractivity contribution in [2.24, 2.45) is 0 Å². The predicted molar refractivity (Wildman–Crippen MR) is 70.3 cm³/mol. The van der Waals surface area contributed by atoms with Gasteiger partial charge in [-0.05, 0) is 31.5 Å². The summed E-state index contributed by atoms with van der Waals surface area (Å²) in [7, 11) is -3.66. The Hall–Kier alpha value is -1.53. The quantitative estimate of drug-likeness (QED) is 0.910. The summed E-state index contributed by atoms with van der Waals surface area (Å²) < 4.78 is 26.6. The van der Waals surface area contributed by atoms with Crippen LogP contribution in [0, 0.1) is 13.8 Å². The predicted octanol–water partition coefficient (Wildman–Crippen LogP) is 2.48. The lowest BCUT2D eigenvalue weighted by Gasteiger charge is -2.09. The van der Waals surface area contributed by atoms with Crippen LogP contribution in [0.4, 0.5) is 5.69 Å². The maximum Gasteiger partial charge on any atom is 0.278 e. The van der Waals surface area contributed by atoms with Crippen molar-refractivity contribution in [2.75, 3.05) is 4.72 Å². The molecule has 96 valence electrons. The van der Waals surface area contributed by atoms with Crippen molar-refractivity contribution in [3.05, 3.63) is 40.8 Å². The van der Waals surface area contributed by atoms with Crippen LogP contribution in [0.15, 0.2) is 29.4 Å². The molecule has 0 aliphatic heterocycles. The van der Waals surface area contributed by atoms with Crippen LogP contribution < -0.4 is 4.72 Å². The Morgan fingerprint density at radius 1 is 1.33 bits per heavy atom. The van der Waals surface area contributed by atoms with Crippen LogP contribution in [0.25, 0.3) is 0 Å². The number of hydrogen-bond donors (Lipinski definition) is 2. The molecule has 0 unspecified atom stereocenters. The van der Waals surface area contributed by atoms with Gasteiger partial charge in [0.15, 0.2) is 5.03 Å². The Kier molecular flexibility index (Phi) is 3.32. The van der Waals surface area contributed by atoms with Crippen molar-refractivity contribution in [3.8, 4) is 0 Å². The Morgan fingerprint density at radius 2 is 2.06 bits per heavy atom. The molecule has 0 radical (unpaired) electrons. The third-order valence-electron chi connectivity index (χ3n) is 2.41. The molecule has 7 heteroatoms. The van der Waals surface area contributed by atoms with Crippen molar-refractivity contribution in [2.45, 2.75) is 18.9 Å². The van der Waals surface area contributed by atoms with Gasteiger partial charge in [0.25, 0.3) is 10.0 Å². The zero-order chi connectivity index (χ0) is 13.3. The number of aryl methyl sites for hydroxylation is 2. The maximum absolute atomic E-state index is 12.1. The number of anilines is 1. The molecule has 2 rings (SSSR count). The van der Waals surface area contributed by atoms with E-state index < -0.39 is 10.0 Å². The number of rotatable bonds is 3. The molecule has 1 heterocycles. The largest absolute Gasteiger partial charge is 0.332 e. The van der Waals surface area contributed by atoms with Crippen LogP contribution in [-0.4, -0.2) is 18.4 Å². The highest BCUT2D eigenvalue weighted by molar-refractivity contribution is 7.92. The molecule has 0 atom stereocenters. The van der Waals surface area contributed by atoms with Crippen molar-refractivity contribution in [1.82, 2.24) is 9.97 Å². The number of nitrogens with zero attached hydrogens (tertiary/aromatic N) is 1. The van der Waals surface area contributed by atoms with Gasteiger partial charge in [-0.3, -0.25) is 4.72 Å². The monoisotopic (exact) mass is 285 g/mol. The minimum Gasteiger partial charge on any atom is -0.332 e. The number of hydrogen-bond acceptors (Lipinski definition) is 3. The highest BCUT2D eigenvalue weighted by Crippen LogP contribution is 2.22. The zero-order valence-electron chi connectivity index (χ0n) is 9.86. The van der Waals surface area contributed by atoms with Gasteiger partial charge < -0.3 is 4.98 Å². The Balaban J connectivity index is 2.36. The lowest BCUT2D eigenvalue weighted by atomic mass is 10.2. The molecular formula is C11H12ClN3O2S. The van der Waals surface area contributed by atoms with Crippen molar-refractivity contribution in [1.29, 1.82) is 0 Å². The summed E-state index contributed by atoms with van der Waals surface area (Å²) in [6, 6.07) is 5.02. The van der Waals surface area contributed by atoms with Crippen molar-refractivity contribution in [3.63, 3.8) is 0 Å². The van der Waals surface area contributed by atoms with Gasteiger partial charge in [-0.25, -0.2) is 4.98 Å². The van der Waals surface area contributed by atoms with E-state index >= 15 is 0 Å². The van der Waals surface area contributed by atoms with Gasteiger partial charge >= 0.3 is 0 Å². The van der Waals surface area contributed by atoms with E-state index in [1.807, 2.05) is 0 Å². The second-order valence-corrected chi connectivity index (χ2v) is 5.98. The minimum atomic E-state index is -3.66. The van der Waals surface area contributed by atoms with Gasteiger partial charge in [-0.2, -0.15) is 8.42 Å². The molecule has 5 nitrogen and oxygen atoms in total. The minimum absolute atomic E-state index is 0.0272. The van der Waals surface area contributed by atoms with Crippen LogP contribution in [0.3, 0.4) is 0 Å². The van der Waals surface area contributed by atoms with Gasteiger partial charge in [-0.1, -0.05) is 17.7 Å². The van der Waals surface area contributed by atoms with E-state index in [4.69, 9.17) is 11.6 Å². The Bertz CT molecular complexity index is 679. The number of H-pyrrole nitrogens is 1. The number of nitrogens with one attached hydrogen (secondary N) is 2. The van der Waals surface area contributed by atoms with E-state index in [-0.39, 0.29) is 5.03 Å². The summed E-state index contributed by atoms with van der Waals surface area (Å²) in [4.78, 5) is 6.54. The molecule has 0 aliphatic carbocycles. The third kappa shape index (κ3) is 2.65. The molecule has 0 fully saturated rings. The fourth-order valence-corrected chi connectivity index (χ4v) is 2.70. The molecule has 0 saturated carbocycles. The van der Waals surface area contributed by atoms with Gasteiger partial charge in [0.2, 0.25) is 0 Å². The van der Waals surface area contributed by atoms with E-state index in [9.17, 15) is 8.42 Å². The molecule has 2 N–H and O–H groups in total. The second kappa shape index (κ2) is 4.62. The molecule has 1 aromatic heterocycles. The first kappa shape index (κ1) is 12.9. The lowest BCUT2D eigenvalue weighted by molar-refractivity contribution is 0.598. The Labute approximate surface area is 110 Å². The van der Waals surface area contributed by atoms with Crippen molar-refractivity contribution >= 4 is 27.3 Å². The first-order valence-electron chi connectivity index (χ1n) is 5.19. The van der Waals surface area contributed by atoms with E-state index in [0.29, 0.717) is 16.5 Å². The number of aromatic nitrogens is 2. The molecule has 0 spiro atoms. The van der Waals surface area contributed by atoms with Gasteiger partial charge in [0.1, 0.15) is 5.82 Å². The zero-order valence-corrected chi connectivity index (χ0v) is 11.4. The van der Waals surface area contributed by atoms with E-state index in [2.05, 4.69) is 14.7 Å². The lowest BCUT2D eigenvalue weighted by Crippen LogP contribution is -2.14. The van der Waals surface area contributed by atoms with Gasteiger partial charge in [0, 0.05) is 5.02 Å². The molecule has 0 amide bonds. The summed E-state index contributed by atoms with van der Waals surface area (Å²) in [5.41, 5.74) is 1.24.